The minimum atomic E-state index is -5.08. The third-order valence-corrected chi connectivity index (χ3v) is 5.75. The zero-order chi connectivity index (χ0) is 27.8. The largest absolute Gasteiger partial charge is 0.490 e. The molecule has 0 bridgehead atoms. The van der Waals surface area contributed by atoms with Gasteiger partial charge in [-0.15, -0.1) is 0 Å². The summed E-state index contributed by atoms with van der Waals surface area (Å²) < 4.78 is 41.8. The van der Waals surface area contributed by atoms with Crippen molar-refractivity contribution in [3.63, 3.8) is 0 Å². The van der Waals surface area contributed by atoms with E-state index in [0.717, 1.165) is 6.42 Å². The van der Waals surface area contributed by atoms with Crippen LogP contribution in [0.3, 0.4) is 0 Å². The summed E-state index contributed by atoms with van der Waals surface area (Å²) >= 11 is 0. The molecule has 2 aliphatic rings. The number of carbonyl (C=O) groups is 5. The van der Waals surface area contributed by atoms with Gasteiger partial charge in [-0.25, -0.2) is 9.59 Å². The van der Waals surface area contributed by atoms with Crippen LogP contribution in [0.1, 0.15) is 40.0 Å². The number of cyclic esters (lactones) is 1. The van der Waals surface area contributed by atoms with E-state index in [2.05, 4.69) is 17.2 Å². The average Bonchev–Trinajstić information content (AvgIpc) is 3.51. The van der Waals surface area contributed by atoms with Crippen molar-refractivity contribution in [1.29, 1.82) is 0 Å². The molecule has 0 aromatic carbocycles. The number of carboxylic acids is 1. The number of hydrogen-bond donors (Lipinski definition) is 4. The first-order valence-corrected chi connectivity index (χ1v) is 11.3. The Morgan fingerprint density at radius 1 is 1.31 bits per heavy atom. The molecule has 1 heterocycles. The van der Waals surface area contributed by atoms with Crippen molar-refractivity contribution in [1.82, 2.24) is 10.6 Å². The van der Waals surface area contributed by atoms with Gasteiger partial charge in [-0.05, 0) is 31.6 Å². The third-order valence-electron chi connectivity index (χ3n) is 5.75. The molecule has 204 valence electrons. The number of esters is 2. The summed E-state index contributed by atoms with van der Waals surface area (Å²) in [5.41, 5.74) is 5.56. The topological polar surface area (TPSA) is 174 Å². The Bertz CT molecular complexity index is 849. The number of hydrogen-bond acceptors (Lipinski definition) is 8. The van der Waals surface area contributed by atoms with Crippen molar-refractivity contribution in [2.75, 3.05) is 6.61 Å². The molecule has 1 aliphatic carbocycles. The van der Waals surface area contributed by atoms with Crippen LogP contribution in [0.15, 0.2) is 12.7 Å². The fraction of sp³-hybridized carbons (Fsp3) is 0.682. The number of nitrogens with one attached hydrogen (secondary N) is 2. The number of ether oxygens (including phenoxy) is 2. The second-order valence-electron chi connectivity index (χ2n) is 8.69. The first-order chi connectivity index (χ1) is 16.6. The van der Waals surface area contributed by atoms with E-state index in [1.807, 2.05) is 13.8 Å². The van der Waals surface area contributed by atoms with E-state index in [0.29, 0.717) is 12.8 Å². The van der Waals surface area contributed by atoms with Crippen molar-refractivity contribution in [3.05, 3.63) is 12.7 Å². The van der Waals surface area contributed by atoms with Gasteiger partial charge in [-0.2, -0.15) is 13.2 Å². The molecular weight excluding hydrogens is 491 g/mol. The molecule has 14 heteroatoms. The van der Waals surface area contributed by atoms with E-state index in [1.54, 1.807) is 0 Å². The molecule has 1 aliphatic heterocycles. The van der Waals surface area contributed by atoms with E-state index in [-0.39, 0.29) is 36.4 Å². The number of carboxylic acid groups (broad SMARTS) is 1. The fourth-order valence-corrected chi connectivity index (χ4v) is 3.34. The van der Waals surface area contributed by atoms with Crippen molar-refractivity contribution in [3.8, 4) is 0 Å². The molecule has 5 N–H and O–H groups in total. The number of halogens is 3. The molecule has 2 fully saturated rings. The van der Waals surface area contributed by atoms with Crippen LogP contribution in [0.25, 0.3) is 0 Å². The van der Waals surface area contributed by atoms with Crippen LogP contribution in [0.5, 0.6) is 0 Å². The van der Waals surface area contributed by atoms with Gasteiger partial charge in [0.05, 0.1) is 6.04 Å². The SMILES string of the molecule is C=CCOC(=O)C(CC1CC1NC(=O)C1OC(=O)C1C(C)CC)NC(=O)C(C)N.O=C(O)C(F)(F)F. The van der Waals surface area contributed by atoms with Gasteiger partial charge in [0.1, 0.15) is 18.6 Å². The number of aliphatic carboxylic acids is 1. The lowest BCUT2D eigenvalue weighted by molar-refractivity contribution is -0.193. The smallest absolute Gasteiger partial charge is 0.475 e. The van der Waals surface area contributed by atoms with E-state index >= 15 is 0 Å². The number of amides is 2. The average molecular weight is 524 g/mol. The van der Waals surface area contributed by atoms with Gasteiger partial charge in [0.15, 0.2) is 6.10 Å². The molecule has 7 unspecified atom stereocenters. The highest BCUT2D eigenvalue weighted by atomic mass is 19.4. The molecule has 0 spiro atoms. The molecule has 7 atom stereocenters. The quantitative estimate of drug-likeness (QED) is 0.224. The van der Waals surface area contributed by atoms with Crippen LogP contribution in [-0.2, 0) is 33.4 Å². The summed E-state index contributed by atoms with van der Waals surface area (Å²) in [4.78, 5) is 57.1. The van der Waals surface area contributed by atoms with Crippen LogP contribution in [0, 0.1) is 17.8 Å². The monoisotopic (exact) mass is 523 g/mol. The van der Waals surface area contributed by atoms with Gasteiger partial charge in [-0.1, -0.05) is 32.9 Å². The Balaban J connectivity index is 0.000000809. The molecule has 36 heavy (non-hydrogen) atoms. The molecule has 2 rings (SSSR count). The predicted molar refractivity (Wildman–Crippen MR) is 118 cm³/mol. The molecule has 1 saturated heterocycles. The molecule has 1 saturated carbocycles. The zero-order valence-electron chi connectivity index (χ0n) is 20.2. The van der Waals surface area contributed by atoms with Crippen molar-refractivity contribution in [2.24, 2.45) is 23.5 Å². The number of carbonyl (C=O) groups excluding carboxylic acids is 4. The fourth-order valence-electron chi connectivity index (χ4n) is 3.34. The Morgan fingerprint density at radius 2 is 1.89 bits per heavy atom. The second-order valence-corrected chi connectivity index (χ2v) is 8.69. The van der Waals surface area contributed by atoms with Gasteiger partial charge >= 0.3 is 24.1 Å². The van der Waals surface area contributed by atoms with Crippen molar-refractivity contribution in [2.45, 2.75) is 70.4 Å². The van der Waals surface area contributed by atoms with E-state index < -0.39 is 48.1 Å². The minimum Gasteiger partial charge on any atom is -0.475 e. The molecule has 11 nitrogen and oxygen atoms in total. The molecule has 0 radical (unpaired) electrons. The normalized spacial score (nSPS) is 24.8. The summed E-state index contributed by atoms with van der Waals surface area (Å²) in [7, 11) is 0. The van der Waals surface area contributed by atoms with Crippen molar-refractivity contribution >= 4 is 29.7 Å². The highest BCUT2D eigenvalue weighted by Crippen LogP contribution is 2.37. The van der Waals surface area contributed by atoms with Crippen LogP contribution in [-0.4, -0.2) is 71.8 Å². The second kappa shape index (κ2) is 13.2. The molecule has 0 aromatic heterocycles. The Kier molecular flexibility index (Phi) is 11.3. The van der Waals surface area contributed by atoms with Crippen LogP contribution >= 0.6 is 0 Å². The summed E-state index contributed by atoms with van der Waals surface area (Å²) in [6.07, 6.45) is -2.64. The summed E-state index contributed by atoms with van der Waals surface area (Å²) in [5, 5.41) is 12.6. The lowest BCUT2D eigenvalue weighted by atomic mass is 9.83. The minimum absolute atomic E-state index is 0.00596. The first kappa shape index (κ1) is 30.9. The van der Waals surface area contributed by atoms with Crippen LogP contribution in [0.4, 0.5) is 13.2 Å². The summed E-state index contributed by atoms with van der Waals surface area (Å²) in [5.74, 6) is -4.77. The summed E-state index contributed by atoms with van der Waals surface area (Å²) in [6, 6.07) is -1.75. The van der Waals surface area contributed by atoms with Gasteiger partial charge in [0, 0.05) is 6.04 Å². The summed E-state index contributed by atoms with van der Waals surface area (Å²) in [6.45, 7) is 8.94. The number of alkyl halides is 3. The van der Waals surface area contributed by atoms with Crippen molar-refractivity contribution < 1.29 is 51.7 Å². The standard InChI is InChI=1S/C20H31N3O6.C2HF3O2/c1-5-7-28-19(26)14(23-17(24)11(4)21)9-12-8-13(12)22-18(25)16-15(10(3)6-2)20(27)29-16;3-2(4,5)1(6)7/h5,10-16H,1,6-9,21H2,2-4H3,(H,22,25)(H,23,24);(H,6,7). The van der Waals surface area contributed by atoms with E-state index in [1.165, 1.54) is 13.0 Å². The maximum absolute atomic E-state index is 12.4. The highest BCUT2D eigenvalue weighted by Gasteiger charge is 2.51. The Morgan fingerprint density at radius 3 is 2.33 bits per heavy atom. The first-order valence-electron chi connectivity index (χ1n) is 11.3. The Hall–Kier alpha value is -3.16. The lowest BCUT2D eigenvalue weighted by Gasteiger charge is -2.37. The third kappa shape index (κ3) is 9.13. The van der Waals surface area contributed by atoms with Gasteiger partial charge in [0.25, 0.3) is 5.91 Å². The van der Waals surface area contributed by atoms with Gasteiger partial charge in [0.2, 0.25) is 5.91 Å². The predicted octanol–water partition coefficient (Wildman–Crippen LogP) is 0.663. The number of rotatable bonds is 11. The van der Waals surface area contributed by atoms with Gasteiger partial charge in [-0.3, -0.25) is 14.4 Å². The van der Waals surface area contributed by atoms with Crippen LogP contribution < -0.4 is 16.4 Å². The Labute approximate surface area is 205 Å². The maximum atomic E-state index is 12.4. The van der Waals surface area contributed by atoms with E-state index in [4.69, 9.17) is 25.1 Å². The maximum Gasteiger partial charge on any atom is 0.490 e. The molecule has 0 aromatic rings. The highest BCUT2D eigenvalue weighted by molar-refractivity contribution is 5.94. The molecule has 2 amide bonds. The van der Waals surface area contributed by atoms with Crippen LogP contribution in [0.2, 0.25) is 0 Å². The van der Waals surface area contributed by atoms with Gasteiger partial charge < -0.3 is 30.9 Å². The molecular formula is C22H32F3N3O8. The van der Waals surface area contributed by atoms with E-state index in [9.17, 15) is 32.3 Å². The number of nitrogens with two attached hydrogens (primary N) is 1. The lowest BCUT2D eigenvalue weighted by Crippen LogP contribution is -2.56. The zero-order valence-corrected chi connectivity index (χ0v) is 20.2.